The van der Waals surface area contributed by atoms with Crippen LogP contribution in [0.4, 0.5) is 4.39 Å². The van der Waals surface area contributed by atoms with E-state index in [9.17, 15) is 18.8 Å². The van der Waals surface area contributed by atoms with Crippen molar-refractivity contribution in [1.29, 1.82) is 0 Å². The maximum absolute atomic E-state index is 13.9. The van der Waals surface area contributed by atoms with Crippen molar-refractivity contribution in [2.24, 2.45) is 0 Å². The smallest absolute Gasteiger partial charge is 0.248 e. The van der Waals surface area contributed by atoms with Crippen molar-refractivity contribution in [1.82, 2.24) is 25.4 Å². The number of aromatic nitrogens is 1. The second-order valence-electron chi connectivity index (χ2n) is 9.53. The summed E-state index contributed by atoms with van der Waals surface area (Å²) in [6.45, 7) is 5.95. The van der Waals surface area contributed by atoms with E-state index in [2.05, 4.69) is 15.6 Å². The Morgan fingerprint density at radius 3 is 2.63 bits per heavy atom. The Bertz CT molecular complexity index is 1120. The van der Waals surface area contributed by atoms with Crippen LogP contribution in [0.25, 0.3) is 10.9 Å². The third-order valence-electron chi connectivity index (χ3n) is 7.62. The summed E-state index contributed by atoms with van der Waals surface area (Å²) in [6.07, 6.45) is 1.95. The highest BCUT2D eigenvalue weighted by Crippen LogP contribution is 2.43. The number of likely N-dealkylation sites (N-methyl/N-ethyl adjacent to an activating group) is 1. The monoisotopic (exact) mass is 487 g/mol. The van der Waals surface area contributed by atoms with Crippen LogP contribution >= 0.6 is 0 Å². The summed E-state index contributed by atoms with van der Waals surface area (Å²) in [4.78, 5) is 45.8. The number of amides is 3. The number of ether oxygens (including phenoxy) is 1. The first-order valence-electron chi connectivity index (χ1n) is 12.0. The Morgan fingerprint density at radius 1 is 1.23 bits per heavy atom. The highest BCUT2D eigenvalue weighted by Gasteiger charge is 2.53. The van der Waals surface area contributed by atoms with Gasteiger partial charge in [0.1, 0.15) is 11.9 Å². The molecule has 3 N–H and O–H groups in total. The predicted octanol–water partition coefficient (Wildman–Crippen LogP) is 1.35. The average Bonchev–Trinajstić information content (AvgIpc) is 3.54. The Labute approximate surface area is 204 Å². The molecule has 0 aliphatic carbocycles. The minimum Gasteiger partial charge on any atom is -0.379 e. The molecule has 0 unspecified atom stereocenters. The third-order valence-corrected chi connectivity index (χ3v) is 7.62. The van der Waals surface area contributed by atoms with Gasteiger partial charge in [-0.2, -0.15) is 0 Å². The summed E-state index contributed by atoms with van der Waals surface area (Å²) >= 11 is 0. The number of likely N-dealkylation sites (tertiary alicyclic amines) is 2. The van der Waals surface area contributed by atoms with Crippen LogP contribution in [0, 0.1) is 5.82 Å². The number of rotatable bonds is 7. The van der Waals surface area contributed by atoms with Crippen molar-refractivity contribution in [2.75, 3.05) is 27.2 Å². The first-order chi connectivity index (χ1) is 16.7. The minimum atomic E-state index is -0.869. The second-order valence-corrected chi connectivity index (χ2v) is 9.53. The van der Waals surface area contributed by atoms with Crippen LogP contribution in [0.3, 0.4) is 0 Å². The molecule has 2 fully saturated rings. The Kier molecular flexibility index (Phi) is 7.14. The molecule has 9 nitrogen and oxygen atoms in total. The number of hydrogen-bond acceptors (Lipinski definition) is 5. The van der Waals surface area contributed by atoms with E-state index in [-0.39, 0.29) is 41.5 Å². The number of nitrogens with one attached hydrogen (secondary N) is 3. The van der Waals surface area contributed by atoms with Crippen molar-refractivity contribution < 1.29 is 23.5 Å². The van der Waals surface area contributed by atoms with Crippen molar-refractivity contribution in [2.45, 2.75) is 63.4 Å². The molecule has 1 aromatic carbocycles. The van der Waals surface area contributed by atoms with E-state index in [1.54, 1.807) is 38.8 Å². The maximum atomic E-state index is 13.9. The van der Waals surface area contributed by atoms with Gasteiger partial charge in [-0.1, -0.05) is 0 Å². The zero-order valence-electron chi connectivity index (χ0n) is 20.8. The molecule has 1 aromatic heterocycles. The van der Waals surface area contributed by atoms with E-state index in [0.717, 1.165) is 10.9 Å². The number of nitrogens with zero attached hydrogens (tertiary/aromatic N) is 2. The highest BCUT2D eigenvalue weighted by atomic mass is 19.1. The molecule has 0 bridgehead atoms. The van der Waals surface area contributed by atoms with E-state index < -0.39 is 18.2 Å². The van der Waals surface area contributed by atoms with Gasteiger partial charge in [-0.3, -0.25) is 14.4 Å². The lowest BCUT2D eigenvalue weighted by atomic mass is 9.91. The van der Waals surface area contributed by atoms with Crippen molar-refractivity contribution in [3.8, 4) is 0 Å². The number of carbonyl (C=O) groups is 3. The maximum Gasteiger partial charge on any atom is 0.248 e. The number of benzene rings is 1. The van der Waals surface area contributed by atoms with E-state index in [0.29, 0.717) is 25.0 Å². The van der Waals surface area contributed by atoms with Gasteiger partial charge in [-0.15, -0.1) is 0 Å². The van der Waals surface area contributed by atoms with Gasteiger partial charge >= 0.3 is 0 Å². The van der Waals surface area contributed by atoms with E-state index in [4.69, 9.17) is 4.74 Å². The standard InChI is InChI=1S/C25H34FN5O4/c1-13(27-4)24(33)29-22(14(2)35-5)25(34)30-9-8-21-23(30)19(12-31(21)15(3)32)18-11-28-20-10-16(26)6-7-17(18)20/h6-7,10-11,13-14,19,21-23,27-28H,8-9,12H2,1-5H3,(H,29,33)/t13-,14+,19+,21+,22-,23+/m0/s1. The first-order valence-corrected chi connectivity index (χ1v) is 12.0. The molecule has 2 aliphatic rings. The molecule has 2 saturated heterocycles. The largest absolute Gasteiger partial charge is 0.379 e. The van der Waals surface area contributed by atoms with Gasteiger partial charge in [0.05, 0.1) is 24.2 Å². The fourth-order valence-electron chi connectivity index (χ4n) is 5.51. The highest BCUT2D eigenvalue weighted by molar-refractivity contribution is 5.91. The van der Waals surface area contributed by atoms with Crippen LogP contribution in [0.5, 0.6) is 0 Å². The molecule has 2 aliphatic heterocycles. The van der Waals surface area contributed by atoms with Crippen molar-refractivity contribution in [3.63, 3.8) is 0 Å². The first kappa shape index (κ1) is 25.1. The molecule has 35 heavy (non-hydrogen) atoms. The van der Waals surface area contributed by atoms with Crippen LogP contribution in [0.15, 0.2) is 24.4 Å². The van der Waals surface area contributed by atoms with Gasteiger partial charge in [0.25, 0.3) is 0 Å². The van der Waals surface area contributed by atoms with Crippen LogP contribution in [-0.2, 0) is 19.1 Å². The van der Waals surface area contributed by atoms with Crippen LogP contribution in [0.1, 0.15) is 38.7 Å². The fourth-order valence-corrected chi connectivity index (χ4v) is 5.51. The molecule has 4 rings (SSSR count). The number of halogens is 1. The molecular formula is C25H34FN5O4. The van der Waals surface area contributed by atoms with Crippen LogP contribution in [-0.4, -0.2) is 90.0 Å². The van der Waals surface area contributed by atoms with Gasteiger partial charge in [-0.05, 0) is 51.1 Å². The Hall–Kier alpha value is -2.98. The number of hydrogen-bond donors (Lipinski definition) is 3. The minimum absolute atomic E-state index is 0.0411. The number of fused-ring (bicyclic) bond motifs is 2. The lowest BCUT2D eigenvalue weighted by Gasteiger charge is -2.34. The van der Waals surface area contributed by atoms with E-state index in [1.807, 2.05) is 11.1 Å². The summed E-state index contributed by atoms with van der Waals surface area (Å²) in [5, 5.41) is 6.61. The zero-order valence-corrected chi connectivity index (χ0v) is 20.8. The molecule has 0 spiro atoms. The molecule has 3 heterocycles. The predicted molar refractivity (Wildman–Crippen MR) is 129 cm³/mol. The SMILES string of the molecule is CN[C@@H](C)C(=O)N[C@H](C(=O)N1CC[C@@H]2[C@H]1[C@@H](c1c[nH]c3cc(F)ccc13)CN2C(C)=O)[C@@H](C)OC. The summed E-state index contributed by atoms with van der Waals surface area (Å²) in [7, 11) is 3.19. The normalized spacial score (nSPS) is 24.3. The third kappa shape index (κ3) is 4.52. The fraction of sp³-hybridized carbons (Fsp3) is 0.560. The molecule has 10 heteroatoms. The van der Waals surface area contributed by atoms with Crippen LogP contribution in [0.2, 0.25) is 0 Å². The molecule has 0 radical (unpaired) electrons. The van der Waals surface area contributed by atoms with Crippen LogP contribution < -0.4 is 10.6 Å². The van der Waals surface area contributed by atoms with Crippen molar-refractivity contribution in [3.05, 3.63) is 35.8 Å². The number of carbonyl (C=O) groups excluding carboxylic acids is 3. The summed E-state index contributed by atoms with van der Waals surface area (Å²) in [5.74, 6) is -1.05. The van der Waals surface area contributed by atoms with Gasteiger partial charge < -0.3 is 30.2 Å². The zero-order chi connectivity index (χ0) is 25.4. The summed E-state index contributed by atoms with van der Waals surface area (Å²) in [5.41, 5.74) is 1.62. The van der Waals surface area contributed by atoms with Gasteiger partial charge in [0.2, 0.25) is 17.7 Å². The second kappa shape index (κ2) is 9.94. The number of H-pyrrole nitrogens is 1. The van der Waals surface area contributed by atoms with Crippen molar-refractivity contribution >= 4 is 28.6 Å². The van der Waals surface area contributed by atoms with E-state index >= 15 is 0 Å². The molecule has 2 aromatic rings. The summed E-state index contributed by atoms with van der Waals surface area (Å²) < 4.78 is 19.2. The quantitative estimate of drug-likeness (QED) is 0.547. The molecule has 0 saturated carbocycles. The Balaban J connectivity index is 1.69. The number of methoxy groups -OCH3 is 1. The van der Waals surface area contributed by atoms with E-state index in [1.165, 1.54) is 19.2 Å². The average molecular weight is 488 g/mol. The van der Waals surface area contributed by atoms with Gasteiger partial charge in [-0.25, -0.2) is 4.39 Å². The lowest BCUT2D eigenvalue weighted by Crippen LogP contribution is -2.58. The molecule has 3 amide bonds. The Morgan fingerprint density at radius 2 is 1.97 bits per heavy atom. The molecule has 6 atom stereocenters. The molecule has 190 valence electrons. The number of aromatic amines is 1. The molecular weight excluding hydrogens is 453 g/mol. The van der Waals surface area contributed by atoms with Gasteiger partial charge in [0.15, 0.2) is 0 Å². The lowest BCUT2D eigenvalue weighted by molar-refractivity contribution is -0.141. The van der Waals surface area contributed by atoms with Gasteiger partial charge in [0, 0.05) is 50.1 Å². The summed E-state index contributed by atoms with van der Waals surface area (Å²) in [6, 6.07) is 2.86. The topological polar surface area (TPSA) is 107 Å².